The van der Waals surface area contributed by atoms with Crippen molar-refractivity contribution >= 4 is 62.6 Å². The van der Waals surface area contributed by atoms with Gasteiger partial charge in [0.15, 0.2) is 5.78 Å². The lowest BCUT2D eigenvalue weighted by atomic mass is 10.0. The number of thiocarbonyl (C=S) groups is 1. The average molecular weight is 455 g/mol. The number of ether oxygens (including phenoxy) is 1. The maximum absolute atomic E-state index is 13.7. The molecule has 1 fully saturated rings. The number of hydrogen-bond acceptors (Lipinski definition) is 5. The first-order valence-corrected chi connectivity index (χ1v) is 10.7. The number of piperidine rings is 1. The first-order valence-electron chi connectivity index (χ1n) is 10.3. The number of ketones is 1. The fourth-order valence-corrected chi connectivity index (χ4v) is 4.32. The van der Waals surface area contributed by atoms with Crippen molar-refractivity contribution < 1.29 is 19.1 Å². The van der Waals surface area contributed by atoms with E-state index in [1.165, 1.54) is 6.08 Å². The molecule has 162 valence electrons. The van der Waals surface area contributed by atoms with E-state index >= 15 is 0 Å². The number of Topliss-reactive ketones (excluding diaryl/α,β-unsaturated/α-hetero) is 1. The fourth-order valence-electron chi connectivity index (χ4n) is 4.09. The highest BCUT2D eigenvalue weighted by molar-refractivity contribution is 7.80. The second kappa shape index (κ2) is 8.11. The Bertz CT molecular complexity index is 1500. The van der Waals surface area contributed by atoms with Crippen molar-refractivity contribution in [1.29, 1.82) is 0 Å². The summed E-state index contributed by atoms with van der Waals surface area (Å²) in [6.45, 7) is 0. The molecule has 7 heteroatoms. The predicted octanol–water partition coefficient (Wildman–Crippen LogP) is 4.29. The molecule has 33 heavy (non-hydrogen) atoms. The summed E-state index contributed by atoms with van der Waals surface area (Å²) in [5.74, 6) is -0.515. The van der Waals surface area contributed by atoms with Crippen LogP contribution >= 0.6 is 12.2 Å². The van der Waals surface area contributed by atoms with Crippen LogP contribution in [0, 0.1) is 0 Å². The van der Waals surface area contributed by atoms with Gasteiger partial charge in [-0.1, -0.05) is 48.6 Å². The first-order chi connectivity index (χ1) is 16.0. The van der Waals surface area contributed by atoms with Gasteiger partial charge in [0.25, 0.3) is 11.8 Å². The van der Waals surface area contributed by atoms with Crippen molar-refractivity contribution in [2.24, 2.45) is 0 Å². The molecule has 0 aliphatic carbocycles. The summed E-state index contributed by atoms with van der Waals surface area (Å²) < 4.78 is 6.90. The lowest BCUT2D eigenvalue weighted by Crippen LogP contribution is -2.39. The number of nitrogens with zero attached hydrogens (tertiary/aromatic N) is 1. The molecule has 2 heterocycles. The zero-order chi connectivity index (χ0) is 23.1. The molecular weight excluding hydrogens is 436 g/mol. The van der Waals surface area contributed by atoms with Crippen molar-refractivity contribution in [3.63, 3.8) is 0 Å². The second-order valence-corrected chi connectivity index (χ2v) is 8.20. The molecule has 4 aromatic rings. The minimum Gasteiger partial charge on any atom is -0.497 e. The summed E-state index contributed by atoms with van der Waals surface area (Å²) in [5.41, 5.74) is 1.75. The SMILES string of the molecule is COc1ccc2c(c1)c(/C=C1/C(=O)CC(=S)NC1=O)cn2C(=O)c1cccc2ccccc12. The van der Waals surface area contributed by atoms with Crippen LogP contribution in [0.4, 0.5) is 0 Å². The molecule has 3 aromatic carbocycles. The highest BCUT2D eigenvalue weighted by Crippen LogP contribution is 2.30. The number of rotatable bonds is 3. The van der Waals surface area contributed by atoms with Crippen LogP contribution in [-0.2, 0) is 9.59 Å². The molecule has 0 bridgehead atoms. The van der Waals surface area contributed by atoms with Crippen LogP contribution in [0.25, 0.3) is 27.8 Å². The largest absolute Gasteiger partial charge is 0.497 e. The summed E-state index contributed by atoms with van der Waals surface area (Å²) in [6, 6.07) is 18.6. The number of nitrogens with one attached hydrogen (secondary N) is 1. The van der Waals surface area contributed by atoms with Gasteiger partial charge in [-0.2, -0.15) is 0 Å². The molecule has 1 amide bonds. The molecule has 5 rings (SSSR count). The van der Waals surface area contributed by atoms with Crippen LogP contribution in [0.5, 0.6) is 5.75 Å². The van der Waals surface area contributed by atoms with E-state index in [1.54, 1.807) is 42.1 Å². The maximum atomic E-state index is 13.7. The first kappa shape index (κ1) is 20.8. The highest BCUT2D eigenvalue weighted by atomic mass is 32.1. The van der Waals surface area contributed by atoms with E-state index in [2.05, 4.69) is 5.32 Å². The van der Waals surface area contributed by atoms with E-state index in [0.717, 1.165) is 10.8 Å². The lowest BCUT2D eigenvalue weighted by Gasteiger charge is -2.14. The van der Waals surface area contributed by atoms with Crippen LogP contribution in [0.1, 0.15) is 22.3 Å². The molecule has 1 N–H and O–H groups in total. The fraction of sp³-hybridized carbons (Fsp3) is 0.0769. The topological polar surface area (TPSA) is 77.4 Å². The Balaban J connectivity index is 1.70. The summed E-state index contributed by atoms with van der Waals surface area (Å²) in [7, 11) is 1.55. The van der Waals surface area contributed by atoms with Gasteiger partial charge >= 0.3 is 0 Å². The van der Waals surface area contributed by atoms with Crippen LogP contribution in [-0.4, -0.2) is 34.3 Å². The summed E-state index contributed by atoms with van der Waals surface area (Å²) in [5, 5.41) is 5.02. The van der Waals surface area contributed by atoms with Gasteiger partial charge in [0.1, 0.15) is 5.75 Å². The second-order valence-electron chi connectivity index (χ2n) is 7.70. The van der Waals surface area contributed by atoms with E-state index in [-0.39, 0.29) is 28.7 Å². The molecule has 1 saturated heterocycles. The van der Waals surface area contributed by atoms with Gasteiger partial charge in [-0.05, 0) is 41.1 Å². The van der Waals surface area contributed by atoms with Gasteiger partial charge in [-0.3, -0.25) is 19.0 Å². The number of amides is 1. The smallest absolute Gasteiger partial charge is 0.263 e. The molecule has 1 aliphatic rings. The van der Waals surface area contributed by atoms with Crippen LogP contribution in [0.15, 0.2) is 72.4 Å². The third-order valence-electron chi connectivity index (χ3n) is 5.70. The predicted molar refractivity (Wildman–Crippen MR) is 131 cm³/mol. The molecule has 0 spiro atoms. The number of carbonyl (C=O) groups excluding carboxylic acids is 3. The van der Waals surface area contributed by atoms with Gasteiger partial charge < -0.3 is 10.1 Å². The number of carbonyl (C=O) groups is 3. The van der Waals surface area contributed by atoms with E-state index < -0.39 is 5.91 Å². The van der Waals surface area contributed by atoms with Gasteiger partial charge in [0, 0.05) is 22.7 Å². The lowest BCUT2D eigenvalue weighted by molar-refractivity contribution is -0.122. The molecule has 0 atom stereocenters. The Kier molecular flexibility index (Phi) is 5.11. The van der Waals surface area contributed by atoms with Gasteiger partial charge in [0.05, 0.1) is 29.6 Å². The molecule has 1 aliphatic heterocycles. The minimum atomic E-state index is -0.541. The molecule has 0 radical (unpaired) electrons. The normalized spacial score (nSPS) is 15.3. The monoisotopic (exact) mass is 454 g/mol. The average Bonchev–Trinajstić information content (AvgIpc) is 3.18. The van der Waals surface area contributed by atoms with Crippen LogP contribution in [0.3, 0.4) is 0 Å². The standard InChI is InChI=1S/C26H18N2O4S/c1-32-17-9-10-22-20(12-17)16(11-21-23(29)13-24(33)27-25(21)30)14-28(22)26(31)19-8-4-6-15-5-2-3-7-18(15)19/h2-12,14H,13H2,1H3,(H,27,30,33)/b21-11-. The third kappa shape index (κ3) is 3.62. The van der Waals surface area contributed by atoms with Crippen molar-refractivity contribution in [1.82, 2.24) is 9.88 Å². The number of benzene rings is 3. The Morgan fingerprint density at radius 3 is 2.64 bits per heavy atom. The quantitative estimate of drug-likeness (QED) is 0.284. The highest BCUT2D eigenvalue weighted by Gasteiger charge is 2.27. The van der Waals surface area contributed by atoms with E-state index in [1.807, 2.05) is 36.4 Å². The van der Waals surface area contributed by atoms with Crippen LogP contribution < -0.4 is 10.1 Å². The number of fused-ring (bicyclic) bond motifs is 2. The van der Waals surface area contributed by atoms with Crippen molar-refractivity contribution in [3.05, 3.63) is 83.6 Å². The zero-order valence-electron chi connectivity index (χ0n) is 17.6. The summed E-state index contributed by atoms with van der Waals surface area (Å²) in [4.78, 5) is 38.7. The van der Waals surface area contributed by atoms with E-state index in [4.69, 9.17) is 17.0 Å². The minimum absolute atomic E-state index is 0.00285. The Morgan fingerprint density at radius 2 is 1.85 bits per heavy atom. The number of hydrogen-bond donors (Lipinski definition) is 1. The Labute approximate surface area is 194 Å². The summed E-state index contributed by atoms with van der Waals surface area (Å²) in [6.07, 6.45) is 3.13. The molecule has 1 aromatic heterocycles. The number of aromatic nitrogens is 1. The maximum Gasteiger partial charge on any atom is 0.263 e. The molecule has 0 saturated carbocycles. The Morgan fingerprint density at radius 1 is 1.06 bits per heavy atom. The van der Waals surface area contributed by atoms with Crippen LogP contribution in [0.2, 0.25) is 0 Å². The van der Waals surface area contributed by atoms with Crippen molar-refractivity contribution in [2.45, 2.75) is 6.42 Å². The van der Waals surface area contributed by atoms with Gasteiger partial charge in [-0.25, -0.2) is 0 Å². The molecular formula is C26H18N2O4S. The van der Waals surface area contributed by atoms with Gasteiger partial charge in [-0.15, -0.1) is 0 Å². The van der Waals surface area contributed by atoms with E-state index in [0.29, 0.717) is 27.8 Å². The third-order valence-corrected chi connectivity index (χ3v) is 5.95. The Hall–Kier alpha value is -4.10. The molecule has 0 unspecified atom stereocenters. The van der Waals surface area contributed by atoms with Crippen molar-refractivity contribution in [3.8, 4) is 5.75 Å². The number of methoxy groups -OCH3 is 1. The summed E-state index contributed by atoms with van der Waals surface area (Å²) >= 11 is 4.97. The van der Waals surface area contributed by atoms with Crippen molar-refractivity contribution in [2.75, 3.05) is 7.11 Å². The van der Waals surface area contributed by atoms with Gasteiger partial charge in [0.2, 0.25) is 0 Å². The molecule has 6 nitrogen and oxygen atoms in total. The van der Waals surface area contributed by atoms with E-state index in [9.17, 15) is 14.4 Å². The zero-order valence-corrected chi connectivity index (χ0v) is 18.4.